The first-order valence-corrected chi connectivity index (χ1v) is 11.7. The van der Waals surface area contributed by atoms with Crippen molar-refractivity contribution in [1.82, 2.24) is 19.9 Å². The number of aryl methyl sites for hydroxylation is 1. The van der Waals surface area contributed by atoms with Crippen LogP contribution in [0.15, 0.2) is 24.4 Å². The molecule has 2 aliphatic heterocycles. The summed E-state index contributed by atoms with van der Waals surface area (Å²) in [6, 6.07) is 4.84. The Morgan fingerprint density at radius 1 is 1.18 bits per heavy atom. The van der Waals surface area contributed by atoms with E-state index in [2.05, 4.69) is 10.3 Å². The third-order valence-corrected chi connectivity index (χ3v) is 6.80. The van der Waals surface area contributed by atoms with Gasteiger partial charge in [-0.2, -0.15) is 0 Å². The number of hydrogen-bond donors (Lipinski definition) is 0. The molecule has 1 aromatic heterocycles. The number of hydrogen-bond acceptors (Lipinski definition) is 6. The zero-order valence-electron chi connectivity index (χ0n) is 18.8. The lowest BCUT2D eigenvalue weighted by Gasteiger charge is -2.37. The topological polar surface area (TPSA) is 83.8 Å². The van der Waals surface area contributed by atoms with Gasteiger partial charge in [0.15, 0.2) is 0 Å². The second-order valence-corrected chi connectivity index (χ2v) is 9.13. The second kappa shape index (κ2) is 8.99. The first-order chi connectivity index (χ1) is 16.0. The van der Waals surface area contributed by atoms with Crippen molar-refractivity contribution in [2.45, 2.75) is 45.3 Å². The van der Waals surface area contributed by atoms with Gasteiger partial charge in [-0.05, 0) is 38.0 Å². The Kier molecular flexibility index (Phi) is 5.90. The van der Waals surface area contributed by atoms with Crippen molar-refractivity contribution in [3.8, 4) is 0 Å². The molecule has 3 heterocycles. The van der Waals surface area contributed by atoms with Crippen LogP contribution >= 0.6 is 0 Å². The molecule has 1 saturated carbocycles. The molecule has 2 aromatic rings. The summed E-state index contributed by atoms with van der Waals surface area (Å²) in [5.74, 6) is 0.0440. The monoisotopic (exact) mass is 456 g/mol. The molecule has 33 heavy (non-hydrogen) atoms. The molecule has 0 spiro atoms. The minimum absolute atomic E-state index is 0.171. The van der Waals surface area contributed by atoms with Gasteiger partial charge < -0.3 is 14.5 Å². The quantitative estimate of drug-likeness (QED) is 0.688. The van der Waals surface area contributed by atoms with E-state index in [-0.39, 0.29) is 23.7 Å². The summed E-state index contributed by atoms with van der Waals surface area (Å²) < 4.78 is 22.1. The van der Waals surface area contributed by atoms with Gasteiger partial charge in [0.2, 0.25) is 5.91 Å². The van der Waals surface area contributed by atoms with Crippen molar-refractivity contribution in [2.75, 3.05) is 42.5 Å². The second-order valence-electron chi connectivity index (χ2n) is 9.13. The number of anilines is 2. The van der Waals surface area contributed by atoms with Gasteiger partial charge in [-0.25, -0.2) is 13.9 Å². The largest absolute Gasteiger partial charge is 0.442 e. The van der Waals surface area contributed by atoms with Crippen LogP contribution < -0.4 is 9.80 Å². The van der Waals surface area contributed by atoms with Crippen LogP contribution in [0.25, 0.3) is 0 Å². The van der Waals surface area contributed by atoms with Crippen LogP contribution in [0.3, 0.4) is 0 Å². The Morgan fingerprint density at radius 3 is 2.61 bits per heavy atom. The molecule has 3 fully saturated rings. The van der Waals surface area contributed by atoms with Crippen LogP contribution in [-0.2, 0) is 16.1 Å². The number of halogens is 1. The number of carbonyl (C=O) groups is 2. The molecule has 9 nitrogen and oxygen atoms in total. The van der Waals surface area contributed by atoms with Gasteiger partial charge in [0.25, 0.3) is 0 Å². The van der Waals surface area contributed by atoms with Crippen molar-refractivity contribution in [3.05, 3.63) is 35.9 Å². The van der Waals surface area contributed by atoms with Crippen molar-refractivity contribution in [2.24, 2.45) is 5.92 Å². The predicted octanol–water partition coefficient (Wildman–Crippen LogP) is 2.59. The van der Waals surface area contributed by atoms with Crippen molar-refractivity contribution >= 4 is 23.4 Å². The highest BCUT2D eigenvalue weighted by atomic mass is 19.1. The maximum Gasteiger partial charge on any atom is 0.414 e. The summed E-state index contributed by atoms with van der Waals surface area (Å²) in [7, 11) is 0. The van der Waals surface area contributed by atoms with E-state index in [1.54, 1.807) is 23.0 Å². The van der Waals surface area contributed by atoms with E-state index in [1.807, 2.05) is 16.7 Å². The first kappa shape index (κ1) is 21.7. The first-order valence-electron chi connectivity index (χ1n) is 11.7. The molecule has 1 aromatic carbocycles. The lowest BCUT2D eigenvalue weighted by atomic mass is 10.1. The summed E-state index contributed by atoms with van der Waals surface area (Å²) in [6.45, 7) is 4.97. The number of benzene rings is 1. The maximum absolute atomic E-state index is 15.0. The number of piperazine rings is 1. The molecule has 176 valence electrons. The molecule has 0 N–H and O–H groups in total. The van der Waals surface area contributed by atoms with Gasteiger partial charge in [0, 0.05) is 38.3 Å². The molecule has 10 heteroatoms. The summed E-state index contributed by atoms with van der Waals surface area (Å²) in [5.41, 5.74) is 1.75. The Hall–Kier alpha value is -3.17. The molecule has 1 atom stereocenters. The minimum atomic E-state index is -0.497. The van der Waals surface area contributed by atoms with Gasteiger partial charge in [-0.15, -0.1) is 5.10 Å². The van der Waals surface area contributed by atoms with Crippen LogP contribution in [0.4, 0.5) is 20.6 Å². The standard InChI is InChI=1S/C23H29FN6O3/c1-16-13-29(26-25-16)14-19-15-30(23(32)33-19)18-6-7-21(20(24)12-18)27-8-10-28(11-9-27)22(31)17-4-2-3-5-17/h6-7,12-13,17,19H,2-5,8-11,14-15H2,1H3/t19-/m0/s1. The van der Waals surface area contributed by atoms with Gasteiger partial charge >= 0.3 is 6.09 Å². The molecule has 3 aliphatic rings. The number of ether oxygens (including phenoxy) is 1. The van der Waals surface area contributed by atoms with Gasteiger partial charge in [0.1, 0.15) is 11.9 Å². The fraction of sp³-hybridized carbons (Fsp3) is 0.565. The van der Waals surface area contributed by atoms with E-state index in [1.165, 1.54) is 11.0 Å². The molecule has 0 radical (unpaired) electrons. The lowest BCUT2D eigenvalue weighted by Crippen LogP contribution is -2.50. The smallest absolute Gasteiger partial charge is 0.414 e. The zero-order chi connectivity index (χ0) is 22.9. The van der Waals surface area contributed by atoms with Crippen molar-refractivity contribution < 1.29 is 18.7 Å². The highest BCUT2D eigenvalue weighted by molar-refractivity contribution is 5.90. The van der Waals surface area contributed by atoms with Crippen LogP contribution in [0, 0.1) is 18.7 Å². The number of nitrogens with zero attached hydrogens (tertiary/aromatic N) is 6. The molecule has 0 unspecified atom stereocenters. The molecular weight excluding hydrogens is 427 g/mol. The molecular formula is C23H29FN6O3. The molecule has 5 rings (SSSR count). The zero-order valence-corrected chi connectivity index (χ0v) is 18.8. The third-order valence-electron chi connectivity index (χ3n) is 6.80. The van der Waals surface area contributed by atoms with E-state index in [9.17, 15) is 9.59 Å². The number of carbonyl (C=O) groups excluding carboxylic acids is 2. The fourth-order valence-corrected chi connectivity index (χ4v) is 5.04. The van der Waals surface area contributed by atoms with Crippen LogP contribution in [0.2, 0.25) is 0 Å². The number of amides is 2. The van der Waals surface area contributed by atoms with Gasteiger partial charge in [-0.3, -0.25) is 9.69 Å². The molecule has 2 saturated heterocycles. The average molecular weight is 457 g/mol. The Morgan fingerprint density at radius 2 is 1.94 bits per heavy atom. The molecule has 2 amide bonds. The number of rotatable bonds is 5. The van der Waals surface area contributed by atoms with Crippen molar-refractivity contribution in [1.29, 1.82) is 0 Å². The fourth-order valence-electron chi connectivity index (χ4n) is 5.04. The highest BCUT2D eigenvalue weighted by Crippen LogP contribution is 2.30. The van der Waals surface area contributed by atoms with E-state index in [4.69, 9.17) is 4.74 Å². The highest BCUT2D eigenvalue weighted by Gasteiger charge is 2.34. The van der Waals surface area contributed by atoms with E-state index in [0.717, 1.165) is 31.4 Å². The van der Waals surface area contributed by atoms with Crippen LogP contribution in [0.5, 0.6) is 0 Å². The lowest BCUT2D eigenvalue weighted by molar-refractivity contribution is -0.135. The third kappa shape index (κ3) is 4.51. The average Bonchev–Trinajstić information content (AvgIpc) is 3.56. The normalized spacial score (nSPS) is 21.7. The summed E-state index contributed by atoms with van der Waals surface area (Å²) in [5, 5.41) is 7.92. The molecule has 1 aliphatic carbocycles. The Labute approximate surface area is 192 Å². The van der Waals surface area contributed by atoms with Crippen LogP contribution in [-0.4, -0.2) is 70.7 Å². The molecule has 0 bridgehead atoms. The van der Waals surface area contributed by atoms with Gasteiger partial charge in [0.05, 0.1) is 30.2 Å². The predicted molar refractivity (Wildman–Crippen MR) is 120 cm³/mol. The maximum atomic E-state index is 15.0. The van der Waals surface area contributed by atoms with E-state index in [0.29, 0.717) is 50.6 Å². The Bertz CT molecular complexity index is 1030. The van der Waals surface area contributed by atoms with E-state index >= 15 is 4.39 Å². The van der Waals surface area contributed by atoms with Crippen molar-refractivity contribution in [3.63, 3.8) is 0 Å². The summed E-state index contributed by atoms with van der Waals surface area (Å²) >= 11 is 0. The van der Waals surface area contributed by atoms with Crippen LogP contribution in [0.1, 0.15) is 31.4 Å². The Balaban J connectivity index is 1.20. The van der Waals surface area contributed by atoms with Gasteiger partial charge in [-0.1, -0.05) is 18.1 Å². The minimum Gasteiger partial charge on any atom is -0.442 e. The van der Waals surface area contributed by atoms with E-state index < -0.39 is 6.09 Å². The summed E-state index contributed by atoms with van der Waals surface area (Å²) in [4.78, 5) is 30.4. The number of aromatic nitrogens is 3. The number of cyclic esters (lactones) is 1. The summed E-state index contributed by atoms with van der Waals surface area (Å²) in [6.07, 6.45) is 5.17. The SMILES string of the molecule is Cc1cn(C[C@H]2CN(c3ccc(N4CCN(C(=O)C5CCCC5)CC4)c(F)c3)C(=O)O2)nn1.